The summed E-state index contributed by atoms with van der Waals surface area (Å²) < 4.78 is 5.47. The summed E-state index contributed by atoms with van der Waals surface area (Å²) in [6.45, 7) is 4.71. The summed E-state index contributed by atoms with van der Waals surface area (Å²) >= 11 is 0. The van der Waals surface area contributed by atoms with Crippen molar-refractivity contribution < 1.29 is 4.74 Å². The first kappa shape index (κ1) is 9.27. The maximum absolute atomic E-state index is 5.53. The zero-order valence-electron chi connectivity index (χ0n) is 8.31. The molecule has 2 N–H and O–H groups in total. The zero-order valence-corrected chi connectivity index (χ0v) is 8.31. The molecule has 1 fully saturated rings. The minimum Gasteiger partial charge on any atom is -0.384 e. The Morgan fingerprint density at radius 3 is 3.07 bits per heavy atom. The lowest BCUT2D eigenvalue weighted by molar-refractivity contribution is 0.0532. The van der Waals surface area contributed by atoms with Gasteiger partial charge in [0.05, 0.1) is 24.6 Å². The van der Waals surface area contributed by atoms with Crippen LogP contribution in [0.3, 0.4) is 0 Å². The summed E-state index contributed by atoms with van der Waals surface area (Å²) in [5, 5.41) is 0. The SMILES string of the molecule is C[C@H]1CN(c2ccc(N)nc2)CCO1. The van der Waals surface area contributed by atoms with E-state index in [2.05, 4.69) is 16.8 Å². The second kappa shape index (κ2) is 3.84. The Morgan fingerprint density at radius 2 is 2.43 bits per heavy atom. The summed E-state index contributed by atoms with van der Waals surface area (Å²) in [6, 6.07) is 3.83. The second-order valence-electron chi connectivity index (χ2n) is 3.57. The third-order valence-corrected chi connectivity index (χ3v) is 2.38. The van der Waals surface area contributed by atoms with Crippen molar-refractivity contribution in [2.45, 2.75) is 13.0 Å². The molecule has 0 saturated carbocycles. The molecule has 1 aromatic heterocycles. The summed E-state index contributed by atoms with van der Waals surface area (Å²) in [4.78, 5) is 6.34. The van der Waals surface area contributed by atoms with Gasteiger partial charge in [0.15, 0.2) is 0 Å². The van der Waals surface area contributed by atoms with Gasteiger partial charge in [-0.05, 0) is 19.1 Å². The van der Waals surface area contributed by atoms with E-state index in [-0.39, 0.29) is 0 Å². The molecule has 1 aromatic rings. The van der Waals surface area contributed by atoms with Crippen LogP contribution in [0.5, 0.6) is 0 Å². The van der Waals surface area contributed by atoms with Gasteiger partial charge in [-0.1, -0.05) is 0 Å². The lowest BCUT2D eigenvalue weighted by Gasteiger charge is -2.32. The molecule has 1 aliphatic heterocycles. The molecule has 2 heterocycles. The van der Waals surface area contributed by atoms with E-state index in [0.29, 0.717) is 11.9 Å². The molecule has 2 rings (SSSR count). The van der Waals surface area contributed by atoms with Gasteiger partial charge < -0.3 is 15.4 Å². The van der Waals surface area contributed by atoms with E-state index >= 15 is 0 Å². The summed E-state index contributed by atoms with van der Waals surface area (Å²) in [5.74, 6) is 0.565. The van der Waals surface area contributed by atoms with Crippen LogP contribution in [0.2, 0.25) is 0 Å². The van der Waals surface area contributed by atoms with Crippen molar-refractivity contribution in [3.05, 3.63) is 18.3 Å². The third kappa shape index (κ3) is 1.96. The minimum atomic E-state index is 0.293. The number of anilines is 2. The highest BCUT2D eigenvalue weighted by Gasteiger charge is 2.16. The van der Waals surface area contributed by atoms with Gasteiger partial charge in [-0.25, -0.2) is 4.98 Å². The molecule has 14 heavy (non-hydrogen) atoms. The molecule has 1 saturated heterocycles. The van der Waals surface area contributed by atoms with Crippen LogP contribution >= 0.6 is 0 Å². The zero-order chi connectivity index (χ0) is 9.97. The fourth-order valence-electron chi connectivity index (χ4n) is 1.64. The monoisotopic (exact) mass is 193 g/mol. The molecule has 76 valence electrons. The molecular formula is C10H15N3O. The number of hydrogen-bond acceptors (Lipinski definition) is 4. The van der Waals surface area contributed by atoms with Gasteiger partial charge in [0.25, 0.3) is 0 Å². The predicted octanol–water partition coefficient (Wildman–Crippen LogP) is 0.889. The molecule has 4 nitrogen and oxygen atoms in total. The summed E-state index contributed by atoms with van der Waals surface area (Å²) in [6.07, 6.45) is 2.11. The number of pyridine rings is 1. The first-order valence-corrected chi connectivity index (χ1v) is 4.84. The van der Waals surface area contributed by atoms with Crippen LogP contribution in [0.25, 0.3) is 0 Å². The van der Waals surface area contributed by atoms with Gasteiger partial charge in [0, 0.05) is 13.1 Å². The standard InChI is InChI=1S/C10H15N3O/c1-8-7-13(4-5-14-8)9-2-3-10(11)12-6-9/h2-3,6,8H,4-5,7H2,1H3,(H2,11,12)/t8-/m0/s1. The van der Waals surface area contributed by atoms with Crippen LogP contribution in [0.1, 0.15) is 6.92 Å². The Labute approximate surface area is 83.7 Å². The Bertz CT molecular complexity index is 299. The molecule has 0 aliphatic carbocycles. The van der Waals surface area contributed by atoms with E-state index in [4.69, 9.17) is 10.5 Å². The van der Waals surface area contributed by atoms with Crippen molar-refractivity contribution in [3.63, 3.8) is 0 Å². The first-order chi connectivity index (χ1) is 6.75. The van der Waals surface area contributed by atoms with E-state index in [0.717, 1.165) is 25.4 Å². The predicted molar refractivity (Wildman–Crippen MR) is 56.3 cm³/mol. The summed E-state index contributed by atoms with van der Waals surface area (Å²) in [5.41, 5.74) is 6.65. The largest absolute Gasteiger partial charge is 0.384 e. The van der Waals surface area contributed by atoms with Crippen molar-refractivity contribution >= 4 is 11.5 Å². The highest BCUT2D eigenvalue weighted by Crippen LogP contribution is 2.16. The lowest BCUT2D eigenvalue weighted by Crippen LogP contribution is -2.41. The van der Waals surface area contributed by atoms with Crippen LogP contribution in [0.15, 0.2) is 18.3 Å². The van der Waals surface area contributed by atoms with Crippen LogP contribution in [-0.2, 0) is 4.74 Å². The molecule has 0 amide bonds. The second-order valence-corrected chi connectivity index (χ2v) is 3.57. The number of ether oxygens (including phenoxy) is 1. The summed E-state index contributed by atoms with van der Waals surface area (Å²) in [7, 11) is 0. The molecule has 0 aromatic carbocycles. The van der Waals surface area contributed by atoms with E-state index < -0.39 is 0 Å². The van der Waals surface area contributed by atoms with Crippen LogP contribution in [0.4, 0.5) is 11.5 Å². The number of aromatic nitrogens is 1. The Balaban J connectivity index is 2.10. The molecule has 4 heteroatoms. The van der Waals surface area contributed by atoms with Gasteiger partial charge in [0.1, 0.15) is 5.82 Å². The van der Waals surface area contributed by atoms with Crippen molar-refractivity contribution in [1.29, 1.82) is 0 Å². The van der Waals surface area contributed by atoms with Gasteiger partial charge in [-0.2, -0.15) is 0 Å². The molecule has 0 radical (unpaired) electrons. The molecule has 1 aliphatic rings. The topological polar surface area (TPSA) is 51.4 Å². The van der Waals surface area contributed by atoms with Crippen LogP contribution < -0.4 is 10.6 Å². The average molecular weight is 193 g/mol. The van der Waals surface area contributed by atoms with E-state index in [9.17, 15) is 0 Å². The number of nitrogen functional groups attached to an aromatic ring is 1. The number of morpholine rings is 1. The van der Waals surface area contributed by atoms with E-state index in [1.807, 2.05) is 18.3 Å². The maximum Gasteiger partial charge on any atom is 0.123 e. The lowest BCUT2D eigenvalue weighted by atomic mass is 10.2. The first-order valence-electron chi connectivity index (χ1n) is 4.84. The van der Waals surface area contributed by atoms with Crippen molar-refractivity contribution in [1.82, 2.24) is 4.98 Å². The average Bonchev–Trinajstić information content (AvgIpc) is 2.19. The van der Waals surface area contributed by atoms with E-state index in [1.54, 1.807) is 0 Å². The van der Waals surface area contributed by atoms with Gasteiger partial charge >= 0.3 is 0 Å². The number of rotatable bonds is 1. The molecule has 0 bridgehead atoms. The highest BCUT2D eigenvalue weighted by molar-refractivity contribution is 5.48. The van der Waals surface area contributed by atoms with E-state index in [1.165, 1.54) is 0 Å². The van der Waals surface area contributed by atoms with Gasteiger partial charge in [-0.3, -0.25) is 0 Å². The van der Waals surface area contributed by atoms with Crippen LogP contribution in [-0.4, -0.2) is 30.8 Å². The van der Waals surface area contributed by atoms with Gasteiger partial charge in [-0.15, -0.1) is 0 Å². The number of nitrogens with zero attached hydrogens (tertiary/aromatic N) is 2. The fourth-order valence-corrected chi connectivity index (χ4v) is 1.64. The highest BCUT2D eigenvalue weighted by atomic mass is 16.5. The Kier molecular flexibility index (Phi) is 2.54. The van der Waals surface area contributed by atoms with Crippen molar-refractivity contribution in [3.8, 4) is 0 Å². The number of hydrogen-bond donors (Lipinski definition) is 1. The number of nitrogens with two attached hydrogens (primary N) is 1. The Morgan fingerprint density at radius 1 is 1.57 bits per heavy atom. The third-order valence-electron chi connectivity index (χ3n) is 2.38. The maximum atomic E-state index is 5.53. The van der Waals surface area contributed by atoms with Crippen molar-refractivity contribution in [2.75, 3.05) is 30.3 Å². The molecule has 0 unspecified atom stereocenters. The molecule has 1 atom stereocenters. The Hall–Kier alpha value is -1.29. The fraction of sp³-hybridized carbons (Fsp3) is 0.500. The van der Waals surface area contributed by atoms with Crippen LogP contribution in [0, 0.1) is 0 Å². The normalized spacial score (nSPS) is 22.4. The minimum absolute atomic E-state index is 0.293. The smallest absolute Gasteiger partial charge is 0.123 e. The molecule has 0 spiro atoms. The van der Waals surface area contributed by atoms with Crippen molar-refractivity contribution in [2.24, 2.45) is 0 Å². The molecular weight excluding hydrogens is 178 g/mol. The quantitative estimate of drug-likeness (QED) is 0.719. The van der Waals surface area contributed by atoms with Gasteiger partial charge in [0.2, 0.25) is 0 Å².